The Bertz CT molecular complexity index is 401. The van der Waals surface area contributed by atoms with Crippen LogP contribution in [-0.4, -0.2) is 14.7 Å². The van der Waals surface area contributed by atoms with Crippen LogP contribution in [0.1, 0.15) is 0 Å². The molecule has 1 atom stereocenters. The molecule has 0 heterocycles. The van der Waals surface area contributed by atoms with Crippen molar-refractivity contribution in [3.8, 4) is 0 Å². The van der Waals surface area contributed by atoms with Crippen LogP contribution in [-0.2, 0) is 39.6 Å². The Hall–Kier alpha value is 0.403. The van der Waals surface area contributed by atoms with E-state index in [2.05, 4.69) is 4.31 Å². The van der Waals surface area contributed by atoms with Gasteiger partial charge in [0.1, 0.15) is 0 Å². The number of benzene rings is 1. The molecule has 9 heteroatoms. The molecule has 1 aromatic carbocycles. The van der Waals surface area contributed by atoms with E-state index >= 15 is 0 Å². The molecule has 0 saturated carbocycles. The minimum absolute atomic E-state index is 0. The summed E-state index contributed by atoms with van der Waals surface area (Å²) < 4.78 is 25.4. The number of phosphoric acid groups is 1. The Morgan fingerprint density at radius 3 is 1.87 bits per heavy atom. The van der Waals surface area contributed by atoms with E-state index in [1.54, 1.807) is 6.07 Å². The van der Waals surface area contributed by atoms with Crippen molar-refractivity contribution in [2.45, 2.75) is 0 Å². The summed E-state index contributed by atoms with van der Waals surface area (Å²) in [7, 11) is -9.40. The summed E-state index contributed by atoms with van der Waals surface area (Å²) >= 11 is 0. The fraction of sp³-hybridized carbons (Fsp3) is 0. The van der Waals surface area contributed by atoms with E-state index < -0.39 is 15.4 Å². The van der Waals surface area contributed by atoms with Gasteiger partial charge in [0.05, 0.1) is 5.30 Å². The van der Waals surface area contributed by atoms with Gasteiger partial charge in [-0.05, 0) is 12.1 Å². The van der Waals surface area contributed by atoms with Crippen molar-refractivity contribution in [3.05, 3.63) is 30.3 Å². The van der Waals surface area contributed by atoms with Crippen LogP contribution in [0.25, 0.3) is 0 Å². The zero-order chi connectivity index (χ0) is 10.8. The van der Waals surface area contributed by atoms with Crippen molar-refractivity contribution in [2.75, 3.05) is 0 Å². The first-order valence-corrected chi connectivity index (χ1v) is 6.57. The third kappa shape index (κ3) is 5.32. The van der Waals surface area contributed by atoms with E-state index in [1.165, 1.54) is 24.3 Å². The van der Waals surface area contributed by atoms with E-state index in [4.69, 9.17) is 14.7 Å². The summed E-state index contributed by atoms with van der Waals surface area (Å²) in [5.74, 6) is 0. The van der Waals surface area contributed by atoms with Gasteiger partial charge in [-0.15, -0.1) is 0 Å². The smallest absolute Gasteiger partial charge is 0.321 e. The number of hydrogen-bond acceptors (Lipinski definition) is 3. The molecule has 0 amide bonds. The van der Waals surface area contributed by atoms with E-state index in [9.17, 15) is 9.13 Å². The normalized spacial score (nSPS) is 15.1. The summed E-state index contributed by atoms with van der Waals surface area (Å²) in [5, 5.41) is -0.164. The van der Waals surface area contributed by atoms with Crippen molar-refractivity contribution >= 4 is 20.7 Å². The average molecular weight is 329 g/mol. The van der Waals surface area contributed by atoms with Gasteiger partial charge >= 0.3 is 15.4 Å². The molecule has 0 aliphatic carbocycles. The van der Waals surface area contributed by atoms with E-state index in [1.807, 2.05) is 0 Å². The van der Waals surface area contributed by atoms with Gasteiger partial charge in [-0.3, -0.25) is 4.57 Å². The second kappa shape index (κ2) is 5.65. The SMILES string of the molecule is O=P(O)(O)OP(=O)(O)c1ccccc1.[Zr]. The molecule has 1 unspecified atom stereocenters. The molecule has 6 nitrogen and oxygen atoms in total. The monoisotopic (exact) mass is 328 g/mol. The fourth-order valence-electron chi connectivity index (χ4n) is 0.808. The van der Waals surface area contributed by atoms with Crippen LogP contribution in [0.5, 0.6) is 0 Å². The molecule has 0 saturated heterocycles. The zero-order valence-corrected chi connectivity index (χ0v) is 11.6. The molecular weight excluding hydrogens is 321 g/mol. The topological polar surface area (TPSA) is 104 Å². The molecule has 1 rings (SSSR count). The first-order chi connectivity index (χ1) is 6.31. The molecule has 0 radical (unpaired) electrons. The van der Waals surface area contributed by atoms with Crippen LogP contribution in [0.15, 0.2) is 30.3 Å². The fourth-order valence-corrected chi connectivity index (χ4v) is 2.89. The summed E-state index contributed by atoms with van der Waals surface area (Å²) in [6.45, 7) is 0. The average Bonchev–Trinajstić information content (AvgIpc) is 2.01. The molecule has 0 aliphatic rings. The van der Waals surface area contributed by atoms with Gasteiger partial charge in [0.25, 0.3) is 0 Å². The molecule has 0 aromatic heterocycles. The second-order valence-electron chi connectivity index (χ2n) is 2.43. The third-order valence-corrected chi connectivity index (χ3v) is 3.99. The van der Waals surface area contributed by atoms with Crippen LogP contribution in [0.4, 0.5) is 0 Å². The third-order valence-electron chi connectivity index (χ3n) is 1.30. The molecule has 15 heavy (non-hydrogen) atoms. The summed E-state index contributed by atoms with van der Waals surface area (Å²) in [6, 6.07) is 7.01. The van der Waals surface area contributed by atoms with Gasteiger partial charge in [0, 0.05) is 26.2 Å². The number of rotatable bonds is 3. The van der Waals surface area contributed by atoms with Gasteiger partial charge in [-0.25, -0.2) is 8.88 Å². The predicted octanol–water partition coefficient (Wildman–Crippen LogP) is 0.604. The minimum Gasteiger partial charge on any atom is -0.321 e. The maximum absolute atomic E-state index is 11.3. The zero-order valence-electron chi connectivity index (χ0n) is 7.35. The molecule has 3 N–H and O–H groups in total. The largest absolute Gasteiger partial charge is 0.477 e. The van der Waals surface area contributed by atoms with Crippen LogP contribution < -0.4 is 5.30 Å². The second-order valence-corrected chi connectivity index (χ2v) is 5.62. The molecule has 0 bridgehead atoms. The first-order valence-electron chi connectivity index (χ1n) is 3.46. The quantitative estimate of drug-likeness (QED) is 0.702. The number of hydrogen-bond donors (Lipinski definition) is 3. The van der Waals surface area contributed by atoms with Crippen molar-refractivity contribution in [3.63, 3.8) is 0 Å². The maximum atomic E-state index is 11.3. The Balaban J connectivity index is 0.00000196. The molecule has 0 aliphatic heterocycles. The van der Waals surface area contributed by atoms with Crippen molar-refractivity contribution in [1.82, 2.24) is 0 Å². The standard InChI is InChI=1S/C6H8O6P2.Zr/c7-13(8,12-14(9,10)11)6-4-2-1-3-5-6;/h1-5H,(H,7,8)(H2,9,10,11);. The van der Waals surface area contributed by atoms with Crippen LogP contribution in [0, 0.1) is 0 Å². The summed E-state index contributed by atoms with van der Waals surface area (Å²) in [4.78, 5) is 25.9. The van der Waals surface area contributed by atoms with Gasteiger partial charge in [0.15, 0.2) is 0 Å². The Morgan fingerprint density at radius 2 is 1.47 bits per heavy atom. The first kappa shape index (κ1) is 15.4. The van der Waals surface area contributed by atoms with E-state index in [0.717, 1.165) is 0 Å². The van der Waals surface area contributed by atoms with Gasteiger partial charge in [-0.2, -0.15) is 0 Å². The Labute approximate surface area is 105 Å². The molecular formula is C6H8O6P2Zr. The van der Waals surface area contributed by atoms with E-state index in [-0.39, 0.29) is 31.5 Å². The van der Waals surface area contributed by atoms with Gasteiger partial charge in [0.2, 0.25) is 0 Å². The maximum Gasteiger partial charge on any atom is 0.477 e. The molecule has 82 valence electrons. The van der Waals surface area contributed by atoms with Crippen LogP contribution >= 0.6 is 15.4 Å². The molecule has 0 spiro atoms. The molecule has 0 fully saturated rings. The minimum atomic E-state index is -4.97. The van der Waals surface area contributed by atoms with Crippen molar-refractivity contribution in [2.24, 2.45) is 0 Å². The van der Waals surface area contributed by atoms with Crippen molar-refractivity contribution < 1.29 is 54.3 Å². The Morgan fingerprint density at radius 1 is 1.00 bits per heavy atom. The van der Waals surface area contributed by atoms with Gasteiger partial charge in [-0.1, -0.05) is 18.2 Å². The summed E-state index contributed by atoms with van der Waals surface area (Å²) in [5.41, 5.74) is 0. The molecule has 1 aromatic rings. The summed E-state index contributed by atoms with van der Waals surface area (Å²) in [6.07, 6.45) is 0. The van der Waals surface area contributed by atoms with Crippen LogP contribution in [0.2, 0.25) is 0 Å². The Kier molecular flexibility index (Phi) is 5.80. The van der Waals surface area contributed by atoms with E-state index in [0.29, 0.717) is 0 Å². The van der Waals surface area contributed by atoms with Crippen LogP contribution in [0.3, 0.4) is 0 Å². The predicted molar refractivity (Wildman–Crippen MR) is 49.0 cm³/mol. The van der Waals surface area contributed by atoms with Crippen molar-refractivity contribution in [1.29, 1.82) is 0 Å². The van der Waals surface area contributed by atoms with Gasteiger partial charge < -0.3 is 14.7 Å².